The average molecular weight is 402 g/mol. The quantitative estimate of drug-likeness (QED) is 0.527. The number of aromatic amines is 1. The smallest absolute Gasteiger partial charge is 0.183 e. The Morgan fingerprint density at radius 2 is 1.77 bits per heavy atom. The van der Waals surface area contributed by atoms with Crippen LogP contribution in [0.15, 0.2) is 54.9 Å². The SMILES string of the molecule is COc1ccc(-c2nc3ncnc(Nc4ccc(N5CCOCC5)cc4)c3[nH]2)cc1. The molecule has 0 radical (unpaired) electrons. The van der Waals surface area contributed by atoms with Gasteiger partial charge < -0.3 is 24.7 Å². The summed E-state index contributed by atoms with van der Waals surface area (Å²) in [6, 6.07) is 16.1. The van der Waals surface area contributed by atoms with Crippen molar-refractivity contribution in [2.24, 2.45) is 0 Å². The maximum atomic E-state index is 5.43. The second-order valence-electron chi connectivity index (χ2n) is 7.01. The van der Waals surface area contributed by atoms with E-state index in [4.69, 9.17) is 9.47 Å². The van der Waals surface area contributed by atoms with E-state index in [0.29, 0.717) is 11.5 Å². The lowest BCUT2D eigenvalue weighted by Gasteiger charge is -2.28. The Morgan fingerprint density at radius 3 is 2.50 bits per heavy atom. The van der Waals surface area contributed by atoms with E-state index in [1.807, 2.05) is 24.3 Å². The van der Waals surface area contributed by atoms with Gasteiger partial charge in [0.25, 0.3) is 0 Å². The average Bonchev–Trinajstić information content (AvgIpc) is 3.26. The van der Waals surface area contributed by atoms with Gasteiger partial charge in [0.1, 0.15) is 23.4 Å². The largest absolute Gasteiger partial charge is 0.497 e. The lowest BCUT2D eigenvalue weighted by molar-refractivity contribution is 0.122. The van der Waals surface area contributed by atoms with Crippen LogP contribution in [-0.4, -0.2) is 53.3 Å². The molecule has 1 aliphatic rings. The molecule has 2 aromatic heterocycles. The Morgan fingerprint density at radius 1 is 1.00 bits per heavy atom. The number of hydrogen-bond acceptors (Lipinski definition) is 7. The lowest BCUT2D eigenvalue weighted by Crippen LogP contribution is -2.36. The first kappa shape index (κ1) is 18.4. The third-order valence-electron chi connectivity index (χ3n) is 5.16. The Bertz CT molecular complexity index is 1130. The van der Waals surface area contributed by atoms with Crippen LogP contribution in [-0.2, 0) is 4.74 Å². The summed E-state index contributed by atoms with van der Waals surface area (Å²) in [4.78, 5) is 19.0. The fourth-order valence-electron chi connectivity index (χ4n) is 3.52. The fourth-order valence-corrected chi connectivity index (χ4v) is 3.52. The predicted octanol–water partition coefficient (Wildman–Crippen LogP) is 3.61. The molecular formula is C22H22N6O2. The first-order valence-corrected chi connectivity index (χ1v) is 9.85. The summed E-state index contributed by atoms with van der Waals surface area (Å²) in [5.41, 5.74) is 4.48. The standard InChI is InChI=1S/C22H22N6O2/c1-29-18-8-2-15(3-9-18)20-26-19-21(23-14-24-22(19)27-20)25-16-4-6-17(7-5-16)28-10-12-30-13-11-28/h2-9,14H,10-13H2,1H3,(H2,23,24,25,26,27). The highest BCUT2D eigenvalue weighted by molar-refractivity contribution is 5.87. The van der Waals surface area contributed by atoms with E-state index in [9.17, 15) is 0 Å². The third-order valence-corrected chi connectivity index (χ3v) is 5.16. The number of benzene rings is 2. The molecule has 5 rings (SSSR count). The molecule has 0 unspecified atom stereocenters. The topological polar surface area (TPSA) is 88.2 Å². The van der Waals surface area contributed by atoms with Crippen molar-refractivity contribution in [2.45, 2.75) is 0 Å². The van der Waals surface area contributed by atoms with Crippen molar-refractivity contribution < 1.29 is 9.47 Å². The normalized spacial score (nSPS) is 14.1. The molecule has 2 aromatic carbocycles. The van der Waals surface area contributed by atoms with Gasteiger partial charge in [-0.15, -0.1) is 0 Å². The summed E-state index contributed by atoms with van der Waals surface area (Å²) >= 11 is 0. The van der Waals surface area contributed by atoms with E-state index in [-0.39, 0.29) is 0 Å². The second kappa shape index (κ2) is 8.00. The summed E-state index contributed by atoms with van der Waals surface area (Å²) in [6.45, 7) is 3.38. The number of imidazole rings is 1. The molecule has 0 spiro atoms. The van der Waals surface area contributed by atoms with E-state index >= 15 is 0 Å². The van der Waals surface area contributed by atoms with Crippen molar-refractivity contribution in [3.8, 4) is 17.1 Å². The van der Waals surface area contributed by atoms with Crippen LogP contribution in [0.5, 0.6) is 5.75 Å². The highest BCUT2D eigenvalue weighted by Gasteiger charge is 2.13. The zero-order valence-corrected chi connectivity index (χ0v) is 16.6. The number of anilines is 3. The van der Waals surface area contributed by atoms with Gasteiger partial charge in [-0.1, -0.05) is 0 Å². The van der Waals surface area contributed by atoms with E-state index in [2.05, 4.69) is 54.4 Å². The van der Waals surface area contributed by atoms with Gasteiger partial charge >= 0.3 is 0 Å². The number of methoxy groups -OCH3 is 1. The van der Waals surface area contributed by atoms with Crippen LogP contribution in [0, 0.1) is 0 Å². The molecule has 2 N–H and O–H groups in total. The molecule has 0 atom stereocenters. The molecule has 4 aromatic rings. The number of nitrogens with zero attached hydrogens (tertiary/aromatic N) is 4. The van der Waals surface area contributed by atoms with Crippen LogP contribution in [0.1, 0.15) is 0 Å². The van der Waals surface area contributed by atoms with E-state index in [1.165, 1.54) is 12.0 Å². The molecule has 1 aliphatic heterocycles. The van der Waals surface area contributed by atoms with Gasteiger partial charge in [0.05, 0.1) is 20.3 Å². The minimum absolute atomic E-state index is 0.614. The monoisotopic (exact) mass is 402 g/mol. The summed E-state index contributed by atoms with van der Waals surface area (Å²) < 4.78 is 10.7. The molecule has 0 aliphatic carbocycles. The van der Waals surface area contributed by atoms with Gasteiger partial charge in [-0.3, -0.25) is 0 Å². The van der Waals surface area contributed by atoms with Crippen LogP contribution in [0.2, 0.25) is 0 Å². The maximum Gasteiger partial charge on any atom is 0.183 e. The minimum atomic E-state index is 0.614. The number of H-pyrrole nitrogens is 1. The molecule has 1 saturated heterocycles. The molecule has 30 heavy (non-hydrogen) atoms. The Hall–Kier alpha value is -3.65. The van der Waals surface area contributed by atoms with Crippen LogP contribution in [0.25, 0.3) is 22.6 Å². The first-order chi connectivity index (χ1) is 14.8. The Kier molecular flexibility index (Phi) is 4.90. The molecule has 0 saturated carbocycles. The van der Waals surface area contributed by atoms with Gasteiger partial charge in [-0.05, 0) is 48.5 Å². The van der Waals surface area contributed by atoms with Gasteiger partial charge in [0.15, 0.2) is 11.5 Å². The number of fused-ring (bicyclic) bond motifs is 1. The zero-order valence-electron chi connectivity index (χ0n) is 16.6. The molecule has 8 heteroatoms. The number of aromatic nitrogens is 4. The summed E-state index contributed by atoms with van der Waals surface area (Å²) in [6.07, 6.45) is 1.52. The fraction of sp³-hybridized carbons (Fsp3) is 0.227. The van der Waals surface area contributed by atoms with Gasteiger partial charge in [-0.25, -0.2) is 15.0 Å². The third kappa shape index (κ3) is 3.65. The highest BCUT2D eigenvalue weighted by Crippen LogP contribution is 2.27. The minimum Gasteiger partial charge on any atom is -0.497 e. The Labute approximate surface area is 173 Å². The van der Waals surface area contributed by atoms with Gasteiger partial charge in [0, 0.05) is 30.0 Å². The summed E-state index contributed by atoms with van der Waals surface area (Å²) in [5, 5.41) is 3.37. The van der Waals surface area contributed by atoms with Gasteiger partial charge in [-0.2, -0.15) is 0 Å². The van der Waals surface area contributed by atoms with Crippen molar-refractivity contribution in [3.05, 3.63) is 54.9 Å². The number of hydrogen-bond donors (Lipinski definition) is 2. The number of morpholine rings is 1. The van der Waals surface area contributed by atoms with Crippen molar-refractivity contribution in [1.82, 2.24) is 19.9 Å². The second-order valence-corrected chi connectivity index (χ2v) is 7.01. The van der Waals surface area contributed by atoms with E-state index in [1.54, 1.807) is 7.11 Å². The zero-order chi connectivity index (χ0) is 20.3. The highest BCUT2D eigenvalue weighted by atomic mass is 16.5. The van der Waals surface area contributed by atoms with Crippen molar-refractivity contribution >= 4 is 28.4 Å². The van der Waals surface area contributed by atoms with Crippen LogP contribution < -0.4 is 15.0 Å². The Balaban J connectivity index is 1.39. The van der Waals surface area contributed by atoms with Crippen molar-refractivity contribution in [1.29, 1.82) is 0 Å². The van der Waals surface area contributed by atoms with E-state index in [0.717, 1.165) is 54.6 Å². The molecule has 1 fully saturated rings. The molecule has 0 bridgehead atoms. The maximum absolute atomic E-state index is 5.43. The molecule has 152 valence electrons. The number of ether oxygens (including phenoxy) is 2. The van der Waals surface area contributed by atoms with E-state index < -0.39 is 0 Å². The first-order valence-electron chi connectivity index (χ1n) is 9.85. The van der Waals surface area contributed by atoms with Crippen LogP contribution >= 0.6 is 0 Å². The predicted molar refractivity (Wildman–Crippen MR) is 116 cm³/mol. The van der Waals surface area contributed by atoms with Crippen molar-refractivity contribution in [3.63, 3.8) is 0 Å². The molecule has 8 nitrogen and oxygen atoms in total. The lowest BCUT2D eigenvalue weighted by atomic mass is 10.2. The number of rotatable bonds is 5. The van der Waals surface area contributed by atoms with Crippen LogP contribution in [0.3, 0.4) is 0 Å². The molecule has 0 amide bonds. The van der Waals surface area contributed by atoms with Crippen molar-refractivity contribution in [2.75, 3.05) is 43.6 Å². The van der Waals surface area contributed by atoms with Crippen LogP contribution in [0.4, 0.5) is 17.2 Å². The summed E-state index contributed by atoms with van der Waals surface area (Å²) in [5.74, 6) is 2.22. The summed E-state index contributed by atoms with van der Waals surface area (Å²) in [7, 11) is 1.65. The van der Waals surface area contributed by atoms with Gasteiger partial charge in [0.2, 0.25) is 0 Å². The molecule has 3 heterocycles. The molecular weight excluding hydrogens is 380 g/mol. The number of nitrogens with one attached hydrogen (secondary N) is 2.